The highest BCUT2D eigenvalue weighted by Crippen LogP contribution is 2.32. The number of rotatable bonds is 5. The van der Waals surface area contributed by atoms with Crippen LogP contribution in [0.4, 0.5) is 0 Å². The number of ether oxygens (including phenoxy) is 1. The van der Waals surface area contributed by atoms with Gasteiger partial charge in [0.25, 0.3) is 0 Å². The molecule has 2 atom stereocenters. The van der Waals surface area contributed by atoms with Crippen molar-refractivity contribution in [2.24, 2.45) is 11.7 Å². The first-order valence-corrected chi connectivity index (χ1v) is 6.80. The van der Waals surface area contributed by atoms with E-state index in [1.54, 1.807) is 7.11 Å². The molecule has 0 saturated heterocycles. The van der Waals surface area contributed by atoms with E-state index >= 15 is 0 Å². The Labute approximate surface area is 98.4 Å². The van der Waals surface area contributed by atoms with Gasteiger partial charge in [-0.05, 0) is 43.0 Å². The minimum atomic E-state index is -0.985. The van der Waals surface area contributed by atoms with Gasteiger partial charge in [0.1, 0.15) is 5.75 Å². The number of benzene rings is 1. The molecule has 1 aliphatic carbocycles. The lowest BCUT2D eigenvalue weighted by Gasteiger charge is -2.09. The lowest BCUT2D eigenvalue weighted by atomic mass is 10.2. The van der Waals surface area contributed by atoms with E-state index < -0.39 is 10.8 Å². The van der Waals surface area contributed by atoms with Gasteiger partial charge in [-0.3, -0.25) is 4.21 Å². The van der Waals surface area contributed by atoms with Crippen LogP contribution in [0, 0.1) is 5.92 Å². The predicted molar refractivity (Wildman–Crippen MR) is 65.0 cm³/mol. The molecule has 0 heterocycles. The SMILES string of the molecule is COc1ccc(S(=O)CC(N)C2CC2)cc1. The van der Waals surface area contributed by atoms with E-state index in [2.05, 4.69) is 0 Å². The van der Waals surface area contributed by atoms with Gasteiger partial charge in [0.05, 0.1) is 17.9 Å². The van der Waals surface area contributed by atoms with E-state index in [1.165, 1.54) is 12.8 Å². The summed E-state index contributed by atoms with van der Waals surface area (Å²) < 4.78 is 17.0. The van der Waals surface area contributed by atoms with Crippen LogP contribution in [-0.4, -0.2) is 23.1 Å². The minimum Gasteiger partial charge on any atom is -0.497 e. The average Bonchev–Trinajstić information content (AvgIpc) is 3.13. The third kappa shape index (κ3) is 2.83. The van der Waals surface area contributed by atoms with Crippen molar-refractivity contribution in [1.29, 1.82) is 0 Å². The molecule has 1 aromatic rings. The molecule has 1 aliphatic rings. The van der Waals surface area contributed by atoms with Crippen LogP contribution in [0.2, 0.25) is 0 Å². The predicted octanol–water partition coefficient (Wildman–Crippen LogP) is 1.54. The van der Waals surface area contributed by atoms with Gasteiger partial charge in [-0.1, -0.05) is 0 Å². The average molecular weight is 239 g/mol. The fourth-order valence-electron chi connectivity index (χ4n) is 1.66. The second-order valence-corrected chi connectivity index (χ2v) is 5.68. The maximum atomic E-state index is 12.0. The monoisotopic (exact) mass is 239 g/mol. The first-order chi connectivity index (χ1) is 7.70. The first-order valence-electron chi connectivity index (χ1n) is 5.48. The van der Waals surface area contributed by atoms with Gasteiger partial charge in [0.15, 0.2) is 0 Å². The fourth-order valence-corrected chi connectivity index (χ4v) is 2.91. The molecule has 0 amide bonds. The van der Waals surface area contributed by atoms with E-state index in [0.717, 1.165) is 10.6 Å². The van der Waals surface area contributed by atoms with Crippen molar-refractivity contribution in [2.45, 2.75) is 23.8 Å². The third-order valence-electron chi connectivity index (χ3n) is 2.89. The van der Waals surface area contributed by atoms with Crippen molar-refractivity contribution in [1.82, 2.24) is 0 Å². The molecule has 88 valence electrons. The van der Waals surface area contributed by atoms with E-state index in [-0.39, 0.29) is 6.04 Å². The lowest BCUT2D eigenvalue weighted by Crippen LogP contribution is -2.29. The Balaban J connectivity index is 1.96. The van der Waals surface area contributed by atoms with Gasteiger partial charge < -0.3 is 10.5 Å². The zero-order valence-electron chi connectivity index (χ0n) is 9.39. The van der Waals surface area contributed by atoms with Crippen molar-refractivity contribution in [3.05, 3.63) is 24.3 Å². The highest BCUT2D eigenvalue weighted by Gasteiger charge is 2.29. The summed E-state index contributed by atoms with van der Waals surface area (Å²) in [7, 11) is 0.635. The normalized spacial score (nSPS) is 19.1. The summed E-state index contributed by atoms with van der Waals surface area (Å²) in [5.41, 5.74) is 5.96. The second kappa shape index (κ2) is 4.97. The van der Waals surface area contributed by atoms with Crippen LogP contribution < -0.4 is 10.5 Å². The highest BCUT2D eigenvalue weighted by molar-refractivity contribution is 7.85. The van der Waals surface area contributed by atoms with Crippen molar-refractivity contribution in [3.8, 4) is 5.75 Å². The van der Waals surface area contributed by atoms with Crippen molar-refractivity contribution in [2.75, 3.05) is 12.9 Å². The van der Waals surface area contributed by atoms with Gasteiger partial charge in [0, 0.05) is 16.7 Å². The summed E-state index contributed by atoms with van der Waals surface area (Å²) in [6.45, 7) is 0. The number of hydrogen-bond donors (Lipinski definition) is 1. The number of methoxy groups -OCH3 is 1. The largest absolute Gasteiger partial charge is 0.497 e. The Bertz CT molecular complexity index is 373. The molecule has 2 unspecified atom stereocenters. The molecule has 4 heteroatoms. The van der Waals surface area contributed by atoms with Crippen molar-refractivity contribution >= 4 is 10.8 Å². The van der Waals surface area contributed by atoms with Crippen LogP contribution in [0.25, 0.3) is 0 Å². The molecule has 0 aromatic heterocycles. The zero-order chi connectivity index (χ0) is 11.5. The molecule has 2 rings (SSSR count). The maximum Gasteiger partial charge on any atom is 0.118 e. The molecule has 0 bridgehead atoms. The molecule has 16 heavy (non-hydrogen) atoms. The smallest absolute Gasteiger partial charge is 0.118 e. The Morgan fingerprint density at radius 2 is 2.06 bits per heavy atom. The van der Waals surface area contributed by atoms with Crippen LogP contribution in [0.3, 0.4) is 0 Å². The number of hydrogen-bond acceptors (Lipinski definition) is 3. The summed E-state index contributed by atoms with van der Waals surface area (Å²) in [5, 5.41) is 0. The molecule has 1 saturated carbocycles. The first kappa shape index (κ1) is 11.6. The van der Waals surface area contributed by atoms with Gasteiger partial charge in [-0.15, -0.1) is 0 Å². The fraction of sp³-hybridized carbons (Fsp3) is 0.500. The molecule has 0 aliphatic heterocycles. The molecular formula is C12H17NO2S. The summed E-state index contributed by atoms with van der Waals surface area (Å²) in [5.74, 6) is 1.95. The second-order valence-electron chi connectivity index (χ2n) is 4.19. The maximum absolute atomic E-state index is 12.0. The topological polar surface area (TPSA) is 52.3 Å². The molecular weight excluding hydrogens is 222 g/mol. The quantitative estimate of drug-likeness (QED) is 0.848. The Morgan fingerprint density at radius 1 is 1.44 bits per heavy atom. The molecule has 0 radical (unpaired) electrons. The van der Waals surface area contributed by atoms with Crippen LogP contribution in [0.1, 0.15) is 12.8 Å². The molecule has 2 N–H and O–H groups in total. The Hall–Kier alpha value is -0.870. The van der Waals surface area contributed by atoms with Crippen LogP contribution in [0.15, 0.2) is 29.2 Å². The van der Waals surface area contributed by atoms with Gasteiger partial charge in [-0.25, -0.2) is 0 Å². The van der Waals surface area contributed by atoms with Crippen LogP contribution in [-0.2, 0) is 10.8 Å². The van der Waals surface area contributed by atoms with E-state index in [1.807, 2.05) is 24.3 Å². The van der Waals surface area contributed by atoms with E-state index in [4.69, 9.17) is 10.5 Å². The Morgan fingerprint density at radius 3 is 2.56 bits per heavy atom. The summed E-state index contributed by atoms with van der Waals surface area (Å²) >= 11 is 0. The lowest BCUT2D eigenvalue weighted by molar-refractivity contribution is 0.414. The molecule has 1 fully saturated rings. The zero-order valence-corrected chi connectivity index (χ0v) is 10.2. The number of nitrogens with two attached hydrogens (primary N) is 1. The van der Waals surface area contributed by atoms with Gasteiger partial charge >= 0.3 is 0 Å². The summed E-state index contributed by atoms with van der Waals surface area (Å²) in [6.07, 6.45) is 2.39. The summed E-state index contributed by atoms with van der Waals surface area (Å²) in [6, 6.07) is 7.43. The molecule has 0 spiro atoms. The van der Waals surface area contributed by atoms with E-state index in [0.29, 0.717) is 11.7 Å². The molecule has 3 nitrogen and oxygen atoms in total. The standard InChI is InChI=1S/C12H17NO2S/c1-15-10-4-6-11(7-5-10)16(14)8-12(13)9-2-3-9/h4-7,9,12H,2-3,8,13H2,1H3. The molecule has 1 aromatic carbocycles. The third-order valence-corrected chi connectivity index (χ3v) is 4.38. The minimum absolute atomic E-state index is 0.0861. The van der Waals surface area contributed by atoms with Crippen molar-refractivity contribution < 1.29 is 8.95 Å². The van der Waals surface area contributed by atoms with Gasteiger partial charge in [-0.2, -0.15) is 0 Å². The van der Waals surface area contributed by atoms with Crippen molar-refractivity contribution in [3.63, 3.8) is 0 Å². The van der Waals surface area contributed by atoms with Crippen LogP contribution >= 0.6 is 0 Å². The van der Waals surface area contributed by atoms with Crippen LogP contribution in [0.5, 0.6) is 5.75 Å². The Kier molecular flexibility index (Phi) is 3.61. The van der Waals surface area contributed by atoms with Gasteiger partial charge in [0.2, 0.25) is 0 Å². The highest BCUT2D eigenvalue weighted by atomic mass is 32.2. The van der Waals surface area contributed by atoms with E-state index in [9.17, 15) is 4.21 Å². The summed E-state index contributed by atoms with van der Waals surface area (Å²) in [4.78, 5) is 0.830.